The summed E-state index contributed by atoms with van der Waals surface area (Å²) in [5.41, 5.74) is 3.67. The second-order valence-corrected chi connectivity index (χ2v) is 4.28. The van der Waals surface area contributed by atoms with Crippen LogP contribution in [0.5, 0.6) is 0 Å². The van der Waals surface area contributed by atoms with E-state index in [-0.39, 0.29) is 0 Å². The number of rotatable bonds is 0. The number of benzene rings is 2. The van der Waals surface area contributed by atoms with Crippen molar-refractivity contribution in [3.63, 3.8) is 0 Å². The van der Waals surface area contributed by atoms with Gasteiger partial charge in [0.25, 0.3) is 0 Å². The molecule has 0 fully saturated rings. The van der Waals surface area contributed by atoms with Crippen molar-refractivity contribution < 1.29 is 0 Å². The first-order valence-electron chi connectivity index (χ1n) is 5.50. The van der Waals surface area contributed by atoms with E-state index in [1.54, 1.807) is 0 Å². The molecular weight excluding hydrogens is 194 g/mol. The Bertz CT molecular complexity index is 683. The minimum Gasteiger partial charge on any atom is -0.256 e. The smallest absolute Gasteiger partial charge is 0.0711 e. The lowest BCUT2D eigenvalue weighted by Crippen LogP contribution is -1.87. The van der Waals surface area contributed by atoms with Crippen LogP contribution in [0.25, 0.3) is 21.7 Å². The topological polar surface area (TPSA) is 12.9 Å². The van der Waals surface area contributed by atoms with E-state index in [4.69, 9.17) is 0 Å². The van der Waals surface area contributed by atoms with Gasteiger partial charge in [0, 0.05) is 11.6 Å². The van der Waals surface area contributed by atoms with Crippen LogP contribution in [0.1, 0.15) is 11.1 Å². The maximum atomic E-state index is 4.49. The molecule has 0 saturated heterocycles. The molecule has 0 atom stereocenters. The van der Waals surface area contributed by atoms with Crippen molar-refractivity contribution in [3.05, 3.63) is 53.7 Å². The number of hydrogen-bond acceptors (Lipinski definition) is 1. The van der Waals surface area contributed by atoms with E-state index in [0.29, 0.717) is 0 Å². The highest BCUT2D eigenvalue weighted by atomic mass is 14.6. The fourth-order valence-electron chi connectivity index (χ4n) is 2.11. The molecule has 0 spiro atoms. The van der Waals surface area contributed by atoms with Gasteiger partial charge in [0.05, 0.1) is 5.52 Å². The number of aryl methyl sites for hydroxylation is 2. The molecule has 16 heavy (non-hydrogen) atoms. The third-order valence-corrected chi connectivity index (χ3v) is 3.26. The summed E-state index contributed by atoms with van der Waals surface area (Å²) in [6, 6.07) is 12.8. The first-order chi connectivity index (χ1) is 7.75. The molecule has 0 unspecified atom stereocenters. The molecule has 1 nitrogen and oxygen atoms in total. The number of fused-ring (bicyclic) bond motifs is 2. The van der Waals surface area contributed by atoms with Gasteiger partial charge in [-0.1, -0.05) is 24.3 Å². The zero-order chi connectivity index (χ0) is 11.1. The Morgan fingerprint density at radius 2 is 1.62 bits per heavy atom. The second-order valence-electron chi connectivity index (χ2n) is 4.28. The van der Waals surface area contributed by atoms with Gasteiger partial charge in [-0.2, -0.15) is 0 Å². The van der Waals surface area contributed by atoms with Crippen molar-refractivity contribution in [2.75, 3.05) is 0 Å². The van der Waals surface area contributed by atoms with Gasteiger partial charge in [-0.15, -0.1) is 0 Å². The van der Waals surface area contributed by atoms with Crippen molar-refractivity contribution in [1.82, 2.24) is 4.98 Å². The van der Waals surface area contributed by atoms with Crippen molar-refractivity contribution in [2.45, 2.75) is 13.8 Å². The SMILES string of the molecule is Cc1cnc2cc3ccccc3cc2c1C. The highest BCUT2D eigenvalue weighted by molar-refractivity contribution is 5.97. The lowest BCUT2D eigenvalue weighted by atomic mass is 10.0. The van der Waals surface area contributed by atoms with E-state index < -0.39 is 0 Å². The Balaban J connectivity index is 2.51. The Kier molecular flexibility index (Phi) is 1.93. The summed E-state index contributed by atoms with van der Waals surface area (Å²) in [6.07, 6.45) is 1.95. The van der Waals surface area contributed by atoms with Crippen molar-refractivity contribution >= 4 is 21.7 Å². The molecule has 0 saturated carbocycles. The van der Waals surface area contributed by atoms with Gasteiger partial charge in [0.2, 0.25) is 0 Å². The largest absolute Gasteiger partial charge is 0.256 e. The van der Waals surface area contributed by atoms with E-state index in [9.17, 15) is 0 Å². The minimum atomic E-state index is 1.09. The Morgan fingerprint density at radius 1 is 0.938 bits per heavy atom. The lowest BCUT2D eigenvalue weighted by molar-refractivity contribution is 1.28. The summed E-state index contributed by atoms with van der Waals surface area (Å²) in [5.74, 6) is 0. The van der Waals surface area contributed by atoms with Crippen molar-refractivity contribution in [3.8, 4) is 0 Å². The quantitative estimate of drug-likeness (QED) is 0.508. The van der Waals surface area contributed by atoms with Crippen LogP contribution in [-0.4, -0.2) is 4.98 Å². The summed E-state index contributed by atoms with van der Waals surface area (Å²) in [5, 5.41) is 3.80. The molecule has 0 aliphatic carbocycles. The highest BCUT2D eigenvalue weighted by Crippen LogP contribution is 2.25. The van der Waals surface area contributed by atoms with Crippen LogP contribution < -0.4 is 0 Å². The molecule has 0 aliphatic rings. The summed E-state index contributed by atoms with van der Waals surface area (Å²) in [4.78, 5) is 4.49. The second kappa shape index (κ2) is 3.31. The van der Waals surface area contributed by atoms with Gasteiger partial charge in [-0.25, -0.2) is 0 Å². The monoisotopic (exact) mass is 207 g/mol. The van der Waals surface area contributed by atoms with Gasteiger partial charge in [-0.05, 0) is 47.9 Å². The first-order valence-corrected chi connectivity index (χ1v) is 5.50. The summed E-state index contributed by atoms with van der Waals surface area (Å²) >= 11 is 0. The van der Waals surface area contributed by atoms with Crippen LogP contribution in [0.4, 0.5) is 0 Å². The molecule has 0 N–H and O–H groups in total. The van der Waals surface area contributed by atoms with E-state index in [2.05, 4.69) is 55.2 Å². The molecule has 3 aromatic rings. The average molecular weight is 207 g/mol. The van der Waals surface area contributed by atoms with Gasteiger partial charge in [0.15, 0.2) is 0 Å². The molecule has 2 aromatic carbocycles. The van der Waals surface area contributed by atoms with Crippen LogP contribution in [0.15, 0.2) is 42.6 Å². The molecule has 1 heteroatoms. The molecular formula is C15H13N. The highest BCUT2D eigenvalue weighted by Gasteiger charge is 2.03. The minimum absolute atomic E-state index is 1.09. The van der Waals surface area contributed by atoms with Crippen LogP contribution in [-0.2, 0) is 0 Å². The van der Waals surface area contributed by atoms with E-state index in [0.717, 1.165) is 5.52 Å². The van der Waals surface area contributed by atoms with E-state index in [1.807, 2.05) is 6.20 Å². The van der Waals surface area contributed by atoms with Crippen molar-refractivity contribution in [2.24, 2.45) is 0 Å². The zero-order valence-corrected chi connectivity index (χ0v) is 9.49. The maximum absolute atomic E-state index is 4.49. The molecule has 3 rings (SSSR count). The summed E-state index contributed by atoms with van der Waals surface area (Å²) in [7, 11) is 0. The maximum Gasteiger partial charge on any atom is 0.0711 e. The van der Waals surface area contributed by atoms with Gasteiger partial charge in [0.1, 0.15) is 0 Å². The fraction of sp³-hybridized carbons (Fsp3) is 0.133. The lowest BCUT2D eigenvalue weighted by Gasteiger charge is -2.06. The predicted molar refractivity (Wildman–Crippen MR) is 68.7 cm³/mol. The number of pyridine rings is 1. The number of nitrogens with zero attached hydrogens (tertiary/aromatic N) is 1. The third-order valence-electron chi connectivity index (χ3n) is 3.26. The normalized spacial score (nSPS) is 11.1. The summed E-state index contributed by atoms with van der Waals surface area (Å²) < 4.78 is 0. The molecule has 0 amide bonds. The molecule has 78 valence electrons. The first kappa shape index (κ1) is 9.34. The molecule has 1 heterocycles. The van der Waals surface area contributed by atoms with E-state index in [1.165, 1.54) is 27.3 Å². The van der Waals surface area contributed by atoms with Crippen LogP contribution in [0, 0.1) is 13.8 Å². The van der Waals surface area contributed by atoms with Crippen LogP contribution in [0.2, 0.25) is 0 Å². The van der Waals surface area contributed by atoms with Crippen LogP contribution >= 0.6 is 0 Å². The molecule has 0 bridgehead atoms. The van der Waals surface area contributed by atoms with Gasteiger partial charge < -0.3 is 0 Å². The van der Waals surface area contributed by atoms with E-state index >= 15 is 0 Å². The van der Waals surface area contributed by atoms with Crippen LogP contribution in [0.3, 0.4) is 0 Å². The van der Waals surface area contributed by atoms with Gasteiger partial charge in [-0.3, -0.25) is 4.98 Å². The molecule has 0 aliphatic heterocycles. The zero-order valence-electron chi connectivity index (χ0n) is 9.49. The van der Waals surface area contributed by atoms with Gasteiger partial charge >= 0.3 is 0 Å². The summed E-state index contributed by atoms with van der Waals surface area (Å²) in [6.45, 7) is 4.27. The number of hydrogen-bond donors (Lipinski definition) is 0. The number of aromatic nitrogens is 1. The fourth-order valence-corrected chi connectivity index (χ4v) is 2.11. The molecule has 0 radical (unpaired) electrons. The third kappa shape index (κ3) is 1.28. The predicted octanol–water partition coefficient (Wildman–Crippen LogP) is 4.00. The Morgan fingerprint density at radius 3 is 2.38 bits per heavy atom. The van der Waals surface area contributed by atoms with Crippen molar-refractivity contribution in [1.29, 1.82) is 0 Å². The standard InChI is InChI=1S/C15H13N/c1-10-9-16-15-8-13-6-4-3-5-12(13)7-14(15)11(10)2/h3-9H,1-2H3. The molecule has 1 aromatic heterocycles. The average Bonchev–Trinajstić information content (AvgIpc) is 2.32. The Hall–Kier alpha value is -1.89. The Labute approximate surface area is 94.7 Å².